The Kier molecular flexibility index (Phi) is 3.94. The summed E-state index contributed by atoms with van der Waals surface area (Å²) in [7, 11) is 0. The molecule has 120 valence electrons. The van der Waals surface area contributed by atoms with Crippen molar-refractivity contribution in [2.24, 2.45) is 0 Å². The normalized spacial score (nSPS) is 10.3. The Labute approximate surface area is 136 Å². The minimum atomic E-state index is -1.07. The van der Waals surface area contributed by atoms with Crippen LogP contribution in [0.4, 0.5) is 17.5 Å². The highest BCUT2D eigenvalue weighted by Gasteiger charge is 2.12. The van der Waals surface area contributed by atoms with Crippen LogP contribution in [0.3, 0.4) is 0 Å². The number of nitrogens with one attached hydrogen (secondary N) is 2. The third-order valence-electron chi connectivity index (χ3n) is 3.28. The molecule has 1 aromatic heterocycles. The van der Waals surface area contributed by atoms with E-state index in [9.17, 15) is 9.90 Å². The SMILES string of the molecule is N=c1c(N)nc(Nc2ccccc2C(=O)O)nn1-c1ccccc1. The Morgan fingerprint density at radius 2 is 1.79 bits per heavy atom. The highest BCUT2D eigenvalue weighted by molar-refractivity contribution is 5.94. The third-order valence-corrected chi connectivity index (χ3v) is 3.28. The molecule has 8 nitrogen and oxygen atoms in total. The Hall–Kier alpha value is -3.68. The number of hydrogen-bond donors (Lipinski definition) is 4. The van der Waals surface area contributed by atoms with Crippen LogP contribution in [-0.2, 0) is 0 Å². The van der Waals surface area contributed by atoms with E-state index in [2.05, 4.69) is 15.4 Å². The lowest BCUT2D eigenvalue weighted by Crippen LogP contribution is -2.26. The summed E-state index contributed by atoms with van der Waals surface area (Å²) in [6.07, 6.45) is 0. The summed E-state index contributed by atoms with van der Waals surface area (Å²) in [4.78, 5) is 15.3. The van der Waals surface area contributed by atoms with Crippen molar-refractivity contribution in [1.29, 1.82) is 5.41 Å². The number of carboxylic acid groups (broad SMARTS) is 1. The standard InChI is InChI=1S/C16H14N6O2/c17-13-14(18)22(10-6-2-1-3-7-10)21-16(20-13)19-12-9-5-4-8-11(12)15(23)24/h1-9,18H,(H,23,24)(H3,17,19,20,21). The molecule has 3 rings (SSSR count). The highest BCUT2D eigenvalue weighted by atomic mass is 16.4. The average Bonchev–Trinajstić information content (AvgIpc) is 2.59. The van der Waals surface area contributed by atoms with E-state index in [1.54, 1.807) is 30.3 Å². The molecule has 24 heavy (non-hydrogen) atoms. The van der Waals surface area contributed by atoms with Crippen molar-refractivity contribution in [1.82, 2.24) is 14.8 Å². The molecule has 0 atom stereocenters. The van der Waals surface area contributed by atoms with Crippen LogP contribution in [0.5, 0.6) is 0 Å². The van der Waals surface area contributed by atoms with Crippen LogP contribution in [0.15, 0.2) is 54.6 Å². The van der Waals surface area contributed by atoms with Gasteiger partial charge in [-0.15, -0.1) is 5.10 Å². The summed E-state index contributed by atoms with van der Waals surface area (Å²) in [6.45, 7) is 0. The third kappa shape index (κ3) is 2.93. The van der Waals surface area contributed by atoms with Gasteiger partial charge < -0.3 is 16.2 Å². The molecule has 8 heteroatoms. The summed E-state index contributed by atoms with van der Waals surface area (Å²) in [5.41, 5.74) is 6.80. The second-order valence-corrected chi connectivity index (χ2v) is 4.89. The maximum absolute atomic E-state index is 11.3. The minimum absolute atomic E-state index is 0.0239. The number of carbonyl (C=O) groups is 1. The molecule has 0 aliphatic rings. The summed E-state index contributed by atoms with van der Waals surface area (Å²) in [6, 6.07) is 15.4. The van der Waals surface area contributed by atoms with Gasteiger partial charge >= 0.3 is 5.97 Å². The summed E-state index contributed by atoms with van der Waals surface area (Å²) < 4.78 is 1.33. The molecule has 0 amide bonds. The maximum Gasteiger partial charge on any atom is 0.337 e. The van der Waals surface area contributed by atoms with Crippen LogP contribution in [0.25, 0.3) is 5.69 Å². The topological polar surface area (TPSA) is 130 Å². The lowest BCUT2D eigenvalue weighted by Gasteiger charge is -2.12. The number of para-hydroxylation sites is 2. The molecule has 2 aromatic carbocycles. The number of benzene rings is 2. The van der Waals surface area contributed by atoms with Crippen molar-refractivity contribution in [2.45, 2.75) is 0 Å². The number of carboxylic acids is 1. The lowest BCUT2D eigenvalue weighted by atomic mass is 10.2. The first-order chi connectivity index (χ1) is 11.6. The molecular formula is C16H14N6O2. The molecular weight excluding hydrogens is 308 g/mol. The quantitative estimate of drug-likeness (QED) is 0.579. The van der Waals surface area contributed by atoms with Crippen molar-refractivity contribution in [3.05, 3.63) is 65.6 Å². The van der Waals surface area contributed by atoms with E-state index in [4.69, 9.17) is 11.1 Å². The molecule has 0 saturated carbocycles. The van der Waals surface area contributed by atoms with Crippen LogP contribution < -0.4 is 16.5 Å². The van der Waals surface area contributed by atoms with E-state index in [0.717, 1.165) is 0 Å². The second-order valence-electron chi connectivity index (χ2n) is 4.89. The monoisotopic (exact) mass is 322 g/mol. The van der Waals surface area contributed by atoms with E-state index >= 15 is 0 Å². The van der Waals surface area contributed by atoms with E-state index < -0.39 is 5.97 Å². The fourth-order valence-corrected chi connectivity index (χ4v) is 2.15. The molecule has 0 unspecified atom stereocenters. The Bertz CT molecular complexity index is 952. The van der Waals surface area contributed by atoms with E-state index in [-0.39, 0.29) is 22.8 Å². The van der Waals surface area contributed by atoms with Gasteiger partial charge in [-0.05, 0) is 24.3 Å². The molecule has 0 fully saturated rings. The first kappa shape index (κ1) is 15.2. The molecule has 0 aliphatic carbocycles. The van der Waals surface area contributed by atoms with Crippen LogP contribution >= 0.6 is 0 Å². The summed E-state index contributed by atoms with van der Waals surface area (Å²) in [5.74, 6) is -0.996. The molecule has 0 bridgehead atoms. The number of rotatable bonds is 4. The van der Waals surface area contributed by atoms with Gasteiger partial charge in [-0.3, -0.25) is 5.41 Å². The van der Waals surface area contributed by atoms with E-state index in [1.807, 2.05) is 18.2 Å². The van der Waals surface area contributed by atoms with Gasteiger partial charge in [-0.25, -0.2) is 9.48 Å². The minimum Gasteiger partial charge on any atom is -0.478 e. The number of aromatic nitrogens is 3. The molecule has 0 radical (unpaired) electrons. The maximum atomic E-state index is 11.3. The average molecular weight is 322 g/mol. The lowest BCUT2D eigenvalue weighted by molar-refractivity contribution is 0.0698. The fraction of sp³-hybridized carbons (Fsp3) is 0. The number of nitrogens with two attached hydrogens (primary N) is 1. The number of hydrogen-bond acceptors (Lipinski definition) is 6. The number of nitrogen functional groups attached to an aromatic ring is 1. The fourth-order valence-electron chi connectivity index (χ4n) is 2.15. The molecule has 0 aliphatic heterocycles. The van der Waals surface area contributed by atoms with Crippen molar-refractivity contribution < 1.29 is 9.90 Å². The highest BCUT2D eigenvalue weighted by Crippen LogP contribution is 2.18. The van der Waals surface area contributed by atoms with E-state index in [0.29, 0.717) is 11.4 Å². The molecule has 5 N–H and O–H groups in total. The van der Waals surface area contributed by atoms with Crippen molar-refractivity contribution in [3.63, 3.8) is 0 Å². The number of aromatic carboxylic acids is 1. The smallest absolute Gasteiger partial charge is 0.337 e. The summed E-state index contributed by atoms with van der Waals surface area (Å²) in [5, 5.41) is 24.3. The van der Waals surface area contributed by atoms with Crippen molar-refractivity contribution >= 4 is 23.4 Å². The Morgan fingerprint density at radius 1 is 1.12 bits per heavy atom. The summed E-state index contributed by atoms with van der Waals surface area (Å²) >= 11 is 0. The molecule has 1 heterocycles. The van der Waals surface area contributed by atoms with Gasteiger partial charge in [-0.2, -0.15) is 4.98 Å². The molecule has 0 spiro atoms. The predicted octanol–water partition coefficient (Wildman–Crippen LogP) is 1.77. The van der Waals surface area contributed by atoms with Crippen molar-refractivity contribution in [3.8, 4) is 5.69 Å². The van der Waals surface area contributed by atoms with Crippen molar-refractivity contribution in [2.75, 3.05) is 11.1 Å². The van der Waals surface area contributed by atoms with Gasteiger partial charge in [0.1, 0.15) is 0 Å². The molecule has 3 aromatic rings. The second kappa shape index (κ2) is 6.21. The van der Waals surface area contributed by atoms with Gasteiger partial charge in [0, 0.05) is 0 Å². The Morgan fingerprint density at radius 3 is 2.50 bits per heavy atom. The zero-order chi connectivity index (χ0) is 17.1. The first-order valence-corrected chi connectivity index (χ1v) is 7.02. The van der Waals surface area contributed by atoms with Gasteiger partial charge in [-0.1, -0.05) is 30.3 Å². The van der Waals surface area contributed by atoms with E-state index in [1.165, 1.54) is 10.7 Å². The van der Waals surface area contributed by atoms with Crippen LogP contribution in [0.1, 0.15) is 10.4 Å². The van der Waals surface area contributed by atoms with Gasteiger partial charge in [0.05, 0.1) is 16.9 Å². The largest absolute Gasteiger partial charge is 0.478 e. The van der Waals surface area contributed by atoms with Crippen LogP contribution in [0, 0.1) is 5.41 Å². The van der Waals surface area contributed by atoms with Gasteiger partial charge in [0.15, 0.2) is 11.3 Å². The number of nitrogens with zero attached hydrogens (tertiary/aromatic N) is 3. The predicted molar refractivity (Wildman–Crippen MR) is 88.3 cm³/mol. The number of anilines is 3. The van der Waals surface area contributed by atoms with Gasteiger partial charge in [0.25, 0.3) is 0 Å². The van der Waals surface area contributed by atoms with Crippen LogP contribution in [0.2, 0.25) is 0 Å². The molecule has 0 saturated heterocycles. The first-order valence-electron chi connectivity index (χ1n) is 7.02. The van der Waals surface area contributed by atoms with Crippen LogP contribution in [-0.4, -0.2) is 25.8 Å². The Balaban J connectivity index is 2.06. The zero-order valence-electron chi connectivity index (χ0n) is 12.5. The van der Waals surface area contributed by atoms with Gasteiger partial charge in [0.2, 0.25) is 5.95 Å². The zero-order valence-corrected chi connectivity index (χ0v) is 12.5.